The lowest BCUT2D eigenvalue weighted by Gasteiger charge is -2.50. The number of halogens is 1. The Morgan fingerprint density at radius 1 is 0.636 bits per heavy atom. The Labute approximate surface area is 327 Å². The van der Waals surface area contributed by atoms with Crippen molar-refractivity contribution in [3.63, 3.8) is 0 Å². The number of rotatable bonds is 18. The minimum Gasteiger partial charge on any atom is -0.491 e. The van der Waals surface area contributed by atoms with E-state index in [0.29, 0.717) is 42.9 Å². The molecule has 0 spiro atoms. The topological polar surface area (TPSA) is 84.8 Å². The van der Waals surface area contributed by atoms with Crippen molar-refractivity contribution in [1.29, 1.82) is 0 Å². The monoisotopic (exact) mass is 762 g/mol. The molecule has 5 atom stereocenters. The molecule has 2 saturated heterocycles. The zero-order valence-corrected chi connectivity index (χ0v) is 31.5. The molecule has 8 rings (SSSR count). The Morgan fingerprint density at radius 3 is 1.84 bits per heavy atom. The first kappa shape index (κ1) is 37.8. The number of benzene rings is 5. The summed E-state index contributed by atoms with van der Waals surface area (Å²) in [5, 5.41) is 11.8. The van der Waals surface area contributed by atoms with Gasteiger partial charge in [0.15, 0.2) is 0 Å². The van der Waals surface area contributed by atoms with Crippen molar-refractivity contribution in [1.82, 2.24) is 0 Å². The van der Waals surface area contributed by atoms with Gasteiger partial charge in [-0.2, -0.15) is 0 Å². The third-order valence-electron chi connectivity index (χ3n) is 10.5. The van der Waals surface area contributed by atoms with Gasteiger partial charge in [0, 0.05) is 10.6 Å². The Morgan fingerprint density at radius 2 is 1.24 bits per heavy atom. The first-order valence-electron chi connectivity index (χ1n) is 19.1. The number of hydrogen-bond acceptors (Lipinski definition) is 8. The van der Waals surface area contributed by atoms with E-state index in [1.165, 1.54) is 0 Å². The molecule has 3 aliphatic rings. The van der Waals surface area contributed by atoms with E-state index in [4.69, 9.17) is 44.8 Å². The second-order valence-corrected chi connectivity index (χ2v) is 14.9. The summed E-state index contributed by atoms with van der Waals surface area (Å²) in [5.41, 5.74) is 4.38. The molecule has 5 aromatic rings. The van der Waals surface area contributed by atoms with E-state index < -0.39 is 29.7 Å². The van der Waals surface area contributed by atoms with Crippen molar-refractivity contribution in [2.24, 2.45) is 0 Å². The molecule has 286 valence electrons. The van der Waals surface area contributed by atoms with Crippen LogP contribution in [-0.2, 0) is 60.4 Å². The smallest absolute Gasteiger partial charge is 0.225 e. The number of aliphatic hydroxyl groups excluding tert-OH is 1. The van der Waals surface area contributed by atoms with Crippen LogP contribution < -0.4 is 4.74 Å². The maximum Gasteiger partial charge on any atom is 0.225 e. The van der Waals surface area contributed by atoms with Crippen molar-refractivity contribution < 1.29 is 38.3 Å². The lowest BCUT2D eigenvalue weighted by Crippen LogP contribution is -2.67. The first-order valence-corrected chi connectivity index (χ1v) is 19.5. The Balaban J connectivity index is 1.11. The third kappa shape index (κ3) is 8.83. The van der Waals surface area contributed by atoms with E-state index in [0.717, 1.165) is 46.4 Å². The highest BCUT2D eigenvalue weighted by molar-refractivity contribution is 6.31. The summed E-state index contributed by atoms with van der Waals surface area (Å²) in [4.78, 5) is 0. The summed E-state index contributed by atoms with van der Waals surface area (Å²) < 4.78 is 45.9. The molecule has 9 heteroatoms. The molecule has 0 aromatic heterocycles. The number of ether oxygens (including phenoxy) is 7. The number of fused-ring (bicyclic) bond motifs is 2. The van der Waals surface area contributed by atoms with E-state index in [2.05, 4.69) is 0 Å². The maximum absolute atomic E-state index is 11.2. The molecule has 2 heterocycles. The lowest BCUT2D eigenvalue weighted by molar-refractivity contribution is -0.353. The van der Waals surface area contributed by atoms with Gasteiger partial charge in [-0.15, -0.1) is 0 Å². The van der Waals surface area contributed by atoms with Gasteiger partial charge in [0.25, 0.3) is 0 Å². The van der Waals surface area contributed by atoms with E-state index in [1.54, 1.807) is 0 Å². The molecule has 1 N–H and O–H groups in total. The predicted octanol–water partition coefficient (Wildman–Crippen LogP) is 8.19. The van der Waals surface area contributed by atoms with Crippen LogP contribution >= 0.6 is 11.6 Å². The molecule has 1 aliphatic carbocycles. The summed E-state index contributed by atoms with van der Waals surface area (Å²) in [7, 11) is 0. The average molecular weight is 763 g/mol. The van der Waals surface area contributed by atoms with E-state index >= 15 is 0 Å². The summed E-state index contributed by atoms with van der Waals surface area (Å²) in [6.07, 6.45) is 0.997. The average Bonchev–Trinajstić information content (AvgIpc) is 4.00. The van der Waals surface area contributed by atoms with E-state index in [9.17, 15) is 5.11 Å². The van der Waals surface area contributed by atoms with Crippen molar-refractivity contribution >= 4 is 11.6 Å². The normalized spacial score (nSPS) is 24.5. The van der Waals surface area contributed by atoms with E-state index in [-0.39, 0.29) is 26.4 Å². The fourth-order valence-corrected chi connectivity index (χ4v) is 7.58. The molecular weight excluding hydrogens is 716 g/mol. The van der Waals surface area contributed by atoms with Gasteiger partial charge in [0.2, 0.25) is 5.79 Å². The molecule has 55 heavy (non-hydrogen) atoms. The van der Waals surface area contributed by atoms with Gasteiger partial charge in [-0.1, -0.05) is 121 Å². The number of aliphatic hydroxyl groups is 1. The van der Waals surface area contributed by atoms with Crippen molar-refractivity contribution in [2.45, 2.75) is 74.9 Å². The van der Waals surface area contributed by atoms with Crippen molar-refractivity contribution in [2.75, 3.05) is 26.4 Å². The molecule has 0 radical (unpaired) electrons. The molecule has 2 bridgehead atoms. The van der Waals surface area contributed by atoms with Gasteiger partial charge < -0.3 is 38.3 Å². The highest BCUT2D eigenvalue weighted by Crippen LogP contribution is 2.53. The van der Waals surface area contributed by atoms with Crippen LogP contribution in [0.25, 0.3) is 0 Å². The van der Waals surface area contributed by atoms with Crippen LogP contribution in [0, 0.1) is 0 Å². The zero-order valence-electron chi connectivity index (χ0n) is 30.8. The molecular formula is C46H47ClO8. The summed E-state index contributed by atoms with van der Waals surface area (Å²) in [6, 6.07) is 43.8. The highest BCUT2D eigenvalue weighted by Gasteiger charge is 2.69. The second-order valence-electron chi connectivity index (χ2n) is 14.5. The minimum absolute atomic E-state index is 0.0600. The van der Waals surface area contributed by atoms with Crippen LogP contribution in [-0.4, -0.2) is 61.6 Å². The lowest BCUT2D eigenvalue weighted by atomic mass is 9.83. The Bertz CT molecular complexity index is 1960. The van der Waals surface area contributed by atoms with Gasteiger partial charge >= 0.3 is 0 Å². The quantitative estimate of drug-likeness (QED) is 0.0896. The summed E-state index contributed by atoms with van der Waals surface area (Å²) >= 11 is 6.90. The van der Waals surface area contributed by atoms with Crippen LogP contribution in [0.2, 0.25) is 5.02 Å². The zero-order chi connectivity index (χ0) is 37.5. The number of hydrogen-bond donors (Lipinski definition) is 1. The standard InChI is InChI=1S/C46H47ClO8/c47-41-23-18-38(27-37(41)26-33-16-19-39(20-17-33)49-24-25-50-40-21-22-40)46-44(53-30-36-14-8-3-9-15-36)42(51-28-34-10-4-1-5-11-34)43(45(31-48,55-46)32-54-46)52-29-35-12-6-2-7-13-35/h1-20,23,27,40,42-44,48H,21-22,24-26,28-32H2/t42-,43-,44+,45+,46+/m0/s1. The highest BCUT2D eigenvalue weighted by atomic mass is 35.5. The fourth-order valence-electron chi connectivity index (χ4n) is 7.39. The van der Waals surface area contributed by atoms with Crippen LogP contribution in [0.3, 0.4) is 0 Å². The minimum atomic E-state index is -1.45. The van der Waals surface area contributed by atoms with Gasteiger partial charge in [0.1, 0.15) is 36.3 Å². The fraction of sp³-hybridized carbons (Fsp3) is 0.348. The molecule has 8 nitrogen and oxygen atoms in total. The van der Waals surface area contributed by atoms with Gasteiger partial charge in [0.05, 0.1) is 45.7 Å². The van der Waals surface area contributed by atoms with Gasteiger partial charge in [-0.3, -0.25) is 0 Å². The summed E-state index contributed by atoms with van der Waals surface area (Å²) in [6.45, 7) is 1.65. The van der Waals surface area contributed by atoms with Crippen LogP contribution in [0.1, 0.15) is 46.2 Å². The maximum atomic E-state index is 11.2. The summed E-state index contributed by atoms with van der Waals surface area (Å²) in [5.74, 6) is -0.661. The van der Waals surface area contributed by atoms with Crippen molar-refractivity contribution in [3.05, 3.63) is 172 Å². The van der Waals surface area contributed by atoms with Crippen LogP contribution in [0.15, 0.2) is 133 Å². The molecule has 5 aromatic carbocycles. The molecule has 3 fully saturated rings. The Kier molecular flexibility index (Phi) is 11.9. The van der Waals surface area contributed by atoms with Gasteiger partial charge in [-0.05, 0) is 71.3 Å². The Hall–Kier alpha value is -4.09. The largest absolute Gasteiger partial charge is 0.491 e. The second kappa shape index (κ2) is 17.4. The predicted molar refractivity (Wildman–Crippen MR) is 209 cm³/mol. The first-order chi connectivity index (χ1) is 27.0. The van der Waals surface area contributed by atoms with Gasteiger partial charge in [-0.25, -0.2) is 0 Å². The molecule has 1 saturated carbocycles. The molecule has 2 aliphatic heterocycles. The van der Waals surface area contributed by atoms with Crippen LogP contribution in [0.4, 0.5) is 0 Å². The van der Waals surface area contributed by atoms with Crippen LogP contribution in [0.5, 0.6) is 5.75 Å². The molecule has 0 amide bonds. The molecule has 0 unspecified atom stereocenters. The van der Waals surface area contributed by atoms with Crippen molar-refractivity contribution in [3.8, 4) is 5.75 Å². The third-order valence-corrected chi connectivity index (χ3v) is 10.8. The van der Waals surface area contributed by atoms with E-state index in [1.807, 2.05) is 133 Å². The SMILES string of the molecule is OC[C@]12CO[C@](c3ccc(Cl)c(Cc4ccc(OCCOC5CC5)cc4)c3)(O1)[C@H](OCc1ccccc1)[C@@H](OCc1ccccc1)[C@@H]2OCc1ccccc1.